The summed E-state index contributed by atoms with van der Waals surface area (Å²) in [6, 6.07) is 4.02. The number of rotatable bonds is 2. The Hall–Kier alpha value is -1.62. The molecular formula is C14H16BrN3O. The van der Waals surface area contributed by atoms with Gasteiger partial charge in [0.2, 0.25) is 0 Å². The maximum atomic E-state index is 12.3. The number of aryl methyl sites for hydroxylation is 3. The fourth-order valence-corrected chi connectivity index (χ4v) is 2.75. The molecule has 4 nitrogen and oxygen atoms in total. The summed E-state index contributed by atoms with van der Waals surface area (Å²) in [5, 5.41) is 7.02. The third kappa shape index (κ3) is 2.71. The van der Waals surface area contributed by atoms with E-state index < -0.39 is 0 Å². The Morgan fingerprint density at radius 2 is 2.00 bits per heavy atom. The van der Waals surface area contributed by atoms with Crippen LogP contribution in [-0.4, -0.2) is 15.7 Å². The molecule has 0 radical (unpaired) electrons. The lowest BCUT2D eigenvalue weighted by Gasteiger charge is -2.11. The lowest BCUT2D eigenvalue weighted by molar-refractivity contribution is 0.102. The number of carbonyl (C=O) groups is 1. The number of aromatic nitrogens is 2. The van der Waals surface area contributed by atoms with Gasteiger partial charge in [-0.3, -0.25) is 9.48 Å². The summed E-state index contributed by atoms with van der Waals surface area (Å²) in [4.78, 5) is 12.3. The molecule has 0 aliphatic rings. The van der Waals surface area contributed by atoms with Gasteiger partial charge in [-0.1, -0.05) is 6.07 Å². The van der Waals surface area contributed by atoms with E-state index in [0.717, 1.165) is 27.0 Å². The van der Waals surface area contributed by atoms with Gasteiger partial charge in [-0.15, -0.1) is 0 Å². The van der Waals surface area contributed by atoms with Crippen molar-refractivity contribution in [2.45, 2.75) is 20.8 Å². The smallest absolute Gasteiger partial charge is 0.259 e. The number of nitrogens with zero attached hydrogens (tertiary/aromatic N) is 2. The highest BCUT2D eigenvalue weighted by Crippen LogP contribution is 2.28. The Labute approximate surface area is 120 Å². The van der Waals surface area contributed by atoms with Crippen LogP contribution in [0.2, 0.25) is 0 Å². The molecule has 0 saturated heterocycles. The summed E-state index contributed by atoms with van der Waals surface area (Å²) in [6.45, 7) is 5.87. The van der Waals surface area contributed by atoms with Crippen LogP contribution in [0.15, 0.2) is 22.8 Å². The standard InChI is InChI=1S/C14H16BrN3O/c1-8-5-9(2)13(12(15)6-8)17-14(19)11-7-16-18(4)10(11)3/h5-7H,1-4H3,(H,17,19). The third-order valence-corrected chi connectivity index (χ3v) is 3.78. The first-order chi connectivity index (χ1) is 8.90. The molecule has 0 bridgehead atoms. The van der Waals surface area contributed by atoms with E-state index in [4.69, 9.17) is 0 Å². The summed E-state index contributed by atoms with van der Waals surface area (Å²) >= 11 is 3.49. The fraction of sp³-hybridized carbons (Fsp3) is 0.286. The van der Waals surface area contributed by atoms with Crippen LogP contribution in [0.4, 0.5) is 5.69 Å². The van der Waals surface area contributed by atoms with Gasteiger partial charge in [0.05, 0.1) is 17.4 Å². The van der Waals surface area contributed by atoms with Crippen molar-refractivity contribution in [3.63, 3.8) is 0 Å². The Balaban J connectivity index is 2.32. The lowest BCUT2D eigenvalue weighted by Crippen LogP contribution is -2.14. The van der Waals surface area contributed by atoms with Crippen molar-refractivity contribution in [1.29, 1.82) is 0 Å². The normalized spacial score (nSPS) is 10.6. The molecular weight excluding hydrogens is 306 g/mol. The van der Waals surface area contributed by atoms with Gasteiger partial charge in [0.1, 0.15) is 0 Å². The predicted molar refractivity (Wildman–Crippen MR) is 79.5 cm³/mol. The largest absolute Gasteiger partial charge is 0.321 e. The molecule has 1 N–H and O–H groups in total. The fourth-order valence-electron chi connectivity index (χ4n) is 1.98. The van der Waals surface area contributed by atoms with Crippen LogP contribution in [0, 0.1) is 20.8 Å². The van der Waals surface area contributed by atoms with Gasteiger partial charge in [-0.05, 0) is 53.9 Å². The summed E-state index contributed by atoms with van der Waals surface area (Å²) in [6.07, 6.45) is 1.59. The van der Waals surface area contributed by atoms with Crippen LogP contribution < -0.4 is 5.32 Å². The number of nitrogens with one attached hydrogen (secondary N) is 1. The molecule has 0 saturated carbocycles. The van der Waals surface area contributed by atoms with E-state index >= 15 is 0 Å². The van der Waals surface area contributed by atoms with Crippen molar-refractivity contribution in [2.75, 3.05) is 5.32 Å². The monoisotopic (exact) mass is 321 g/mol. The van der Waals surface area contributed by atoms with E-state index in [0.29, 0.717) is 5.56 Å². The van der Waals surface area contributed by atoms with Gasteiger partial charge in [0, 0.05) is 17.2 Å². The minimum Gasteiger partial charge on any atom is -0.321 e. The quantitative estimate of drug-likeness (QED) is 0.921. The highest BCUT2D eigenvalue weighted by molar-refractivity contribution is 9.10. The van der Waals surface area contributed by atoms with E-state index in [-0.39, 0.29) is 5.91 Å². The number of hydrogen-bond acceptors (Lipinski definition) is 2. The minimum absolute atomic E-state index is 0.141. The van der Waals surface area contributed by atoms with Crippen molar-refractivity contribution in [2.24, 2.45) is 7.05 Å². The van der Waals surface area contributed by atoms with Crippen molar-refractivity contribution in [1.82, 2.24) is 9.78 Å². The first-order valence-electron chi connectivity index (χ1n) is 5.97. The molecule has 0 atom stereocenters. The zero-order chi connectivity index (χ0) is 14.2. The number of benzene rings is 1. The zero-order valence-corrected chi connectivity index (χ0v) is 13.0. The van der Waals surface area contributed by atoms with Crippen LogP contribution >= 0.6 is 15.9 Å². The number of amides is 1. The Bertz CT molecular complexity index is 623. The second-order valence-corrected chi connectivity index (χ2v) is 5.51. The Morgan fingerprint density at radius 3 is 2.53 bits per heavy atom. The van der Waals surface area contributed by atoms with E-state index in [2.05, 4.69) is 26.3 Å². The molecule has 5 heteroatoms. The molecule has 19 heavy (non-hydrogen) atoms. The van der Waals surface area contributed by atoms with Crippen LogP contribution in [0.3, 0.4) is 0 Å². The average Bonchev–Trinajstić information content (AvgIpc) is 2.64. The first kappa shape index (κ1) is 13.8. The predicted octanol–water partition coefficient (Wildman–Crippen LogP) is 3.36. The maximum absolute atomic E-state index is 12.3. The number of anilines is 1. The second-order valence-electron chi connectivity index (χ2n) is 4.66. The molecule has 1 aromatic carbocycles. The molecule has 1 heterocycles. The SMILES string of the molecule is Cc1cc(C)c(NC(=O)c2cnn(C)c2C)c(Br)c1. The van der Waals surface area contributed by atoms with Gasteiger partial charge in [-0.2, -0.15) is 5.10 Å². The van der Waals surface area contributed by atoms with Crippen molar-refractivity contribution in [3.8, 4) is 0 Å². The van der Waals surface area contributed by atoms with Crippen LogP contribution in [0.1, 0.15) is 27.2 Å². The Morgan fingerprint density at radius 1 is 1.32 bits per heavy atom. The molecule has 1 aromatic heterocycles. The first-order valence-corrected chi connectivity index (χ1v) is 6.76. The zero-order valence-electron chi connectivity index (χ0n) is 11.4. The van der Waals surface area contributed by atoms with Crippen molar-refractivity contribution >= 4 is 27.5 Å². The molecule has 0 spiro atoms. The van der Waals surface area contributed by atoms with Crippen LogP contribution in [-0.2, 0) is 7.05 Å². The van der Waals surface area contributed by atoms with Crippen molar-refractivity contribution < 1.29 is 4.79 Å². The lowest BCUT2D eigenvalue weighted by atomic mass is 10.1. The summed E-state index contributed by atoms with van der Waals surface area (Å²) in [5.41, 5.74) is 4.42. The van der Waals surface area contributed by atoms with Crippen LogP contribution in [0.25, 0.3) is 0 Å². The topological polar surface area (TPSA) is 46.9 Å². The number of halogens is 1. The van der Waals surface area contributed by atoms with E-state index in [1.54, 1.807) is 10.9 Å². The highest BCUT2D eigenvalue weighted by Gasteiger charge is 2.15. The summed E-state index contributed by atoms with van der Waals surface area (Å²) in [7, 11) is 1.82. The van der Waals surface area contributed by atoms with Crippen molar-refractivity contribution in [3.05, 3.63) is 45.2 Å². The molecule has 2 rings (SSSR count). The highest BCUT2D eigenvalue weighted by atomic mass is 79.9. The maximum Gasteiger partial charge on any atom is 0.259 e. The van der Waals surface area contributed by atoms with E-state index in [9.17, 15) is 4.79 Å². The van der Waals surface area contributed by atoms with Gasteiger partial charge in [-0.25, -0.2) is 0 Å². The molecule has 0 aliphatic carbocycles. The average molecular weight is 322 g/mol. The summed E-state index contributed by atoms with van der Waals surface area (Å²) in [5.74, 6) is -0.141. The van der Waals surface area contributed by atoms with Gasteiger partial charge >= 0.3 is 0 Å². The van der Waals surface area contributed by atoms with Gasteiger partial charge in [0.25, 0.3) is 5.91 Å². The second kappa shape index (κ2) is 5.17. The molecule has 2 aromatic rings. The summed E-state index contributed by atoms with van der Waals surface area (Å²) < 4.78 is 2.58. The molecule has 0 aliphatic heterocycles. The number of hydrogen-bond donors (Lipinski definition) is 1. The van der Waals surface area contributed by atoms with Crippen LogP contribution in [0.5, 0.6) is 0 Å². The minimum atomic E-state index is -0.141. The molecule has 100 valence electrons. The number of carbonyl (C=O) groups excluding carboxylic acids is 1. The van der Waals surface area contributed by atoms with E-state index in [1.165, 1.54) is 0 Å². The molecule has 0 fully saturated rings. The molecule has 1 amide bonds. The van der Waals surface area contributed by atoms with Gasteiger partial charge < -0.3 is 5.32 Å². The Kier molecular flexibility index (Phi) is 3.75. The van der Waals surface area contributed by atoms with E-state index in [1.807, 2.05) is 40.0 Å². The third-order valence-electron chi connectivity index (χ3n) is 3.15. The van der Waals surface area contributed by atoms with Gasteiger partial charge in [0.15, 0.2) is 0 Å². The molecule has 0 unspecified atom stereocenters.